The van der Waals surface area contributed by atoms with Crippen molar-refractivity contribution < 1.29 is 4.39 Å². The third-order valence-electron chi connectivity index (χ3n) is 8.94. The van der Waals surface area contributed by atoms with E-state index in [2.05, 4.69) is 82.3 Å². The van der Waals surface area contributed by atoms with E-state index in [4.69, 9.17) is 5.73 Å². The lowest BCUT2D eigenvalue weighted by atomic mass is 9.79. The molecule has 0 amide bonds. The van der Waals surface area contributed by atoms with Gasteiger partial charge >= 0.3 is 0 Å². The Morgan fingerprint density at radius 1 is 0.878 bits per heavy atom. The van der Waals surface area contributed by atoms with Crippen LogP contribution in [0.4, 0.5) is 10.1 Å². The van der Waals surface area contributed by atoms with Crippen molar-refractivity contribution in [2.75, 3.05) is 12.4 Å². The molecule has 2 heteroatoms. The first-order chi connectivity index (χ1) is 19.9. The number of rotatable bonds is 7. The molecular formula is C39H56FN. The number of hydrogen-bond donors (Lipinski definition) is 1. The normalized spacial score (nSPS) is 18.5. The third-order valence-corrected chi connectivity index (χ3v) is 8.94. The quantitative estimate of drug-likeness (QED) is 0.337. The molecule has 3 aliphatic rings. The Bertz CT molecular complexity index is 1180. The molecule has 2 atom stereocenters. The number of allylic oxidation sites excluding steroid dienone is 6. The minimum Gasteiger partial charge on any atom is -0.399 e. The molecule has 2 aromatic rings. The Kier molecular flexibility index (Phi) is 13.9. The van der Waals surface area contributed by atoms with Gasteiger partial charge in [-0.15, -0.1) is 0 Å². The van der Waals surface area contributed by atoms with E-state index in [-0.39, 0.29) is 6.67 Å². The molecule has 0 fully saturated rings. The molecule has 2 unspecified atom stereocenters. The average molecular weight is 558 g/mol. The van der Waals surface area contributed by atoms with Crippen LogP contribution in [0.15, 0.2) is 60.2 Å². The van der Waals surface area contributed by atoms with Crippen LogP contribution in [0.3, 0.4) is 0 Å². The fourth-order valence-electron chi connectivity index (χ4n) is 6.25. The minimum atomic E-state index is -0.156. The fraction of sp³-hybridized carbons (Fsp3) is 0.538. The Labute approximate surface area is 251 Å². The van der Waals surface area contributed by atoms with Crippen molar-refractivity contribution in [1.82, 2.24) is 0 Å². The maximum absolute atomic E-state index is 11.0. The van der Waals surface area contributed by atoms with Crippen molar-refractivity contribution >= 4 is 16.8 Å². The third kappa shape index (κ3) is 9.73. The summed E-state index contributed by atoms with van der Waals surface area (Å²) < 4.78 is 11.0. The highest BCUT2D eigenvalue weighted by molar-refractivity contribution is 5.94. The van der Waals surface area contributed by atoms with E-state index < -0.39 is 0 Å². The molecule has 224 valence electrons. The molecule has 0 spiro atoms. The maximum Gasteiger partial charge on any atom is 0.0894 e. The number of alkyl halides is 1. The number of aryl methyl sites for hydroxylation is 3. The molecule has 0 bridgehead atoms. The van der Waals surface area contributed by atoms with Crippen molar-refractivity contribution in [3.05, 3.63) is 88.0 Å². The van der Waals surface area contributed by atoms with Crippen molar-refractivity contribution in [2.45, 2.75) is 118 Å². The van der Waals surface area contributed by atoms with Crippen LogP contribution in [0.5, 0.6) is 0 Å². The second-order valence-corrected chi connectivity index (χ2v) is 12.3. The summed E-state index contributed by atoms with van der Waals surface area (Å²) in [5.41, 5.74) is 19.0. The lowest BCUT2D eigenvalue weighted by Gasteiger charge is -2.25. The number of halogens is 1. The Balaban J connectivity index is 0.000000327. The van der Waals surface area contributed by atoms with Gasteiger partial charge < -0.3 is 5.73 Å². The van der Waals surface area contributed by atoms with Crippen LogP contribution in [0.25, 0.3) is 11.1 Å². The highest BCUT2D eigenvalue weighted by atomic mass is 19.1. The molecule has 41 heavy (non-hydrogen) atoms. The Morgan fingerprint density at radius 2 is 1.63 bits per heavy atom. The summed E-state index contributed by atoms with van der Waals surface area (Å²) in [6, 6.07) is 13.9. The van der Waals surface area contributed by atoms with Gasteiger partial charge in [0.2, 0.25) is 0 Å². The zero-order valence-electron chi connectivity index (χ0n) is 26.7. The van der Waals surface area contributed by atoms with Crippen molar-refractivity contribution in [3.8, 4) is 0 Å². The molecule has 0 saturated carbocycles. The lowest BCUT2D eigenvalue weighted by molar-refractivity contribution is 0.469. The zero-order chi connectivity index (χ0) is 29.6. The summed E-state index contributed by atoms with van der Waals surface area (Å²) in [7, 11) is 0. The largest absolute Gasteiger partial charge is 0.399 e. The van der Waals surface area contributed by atoms with E-state index in [1.54, 1.807) is 16.7 Å². The van der Waals surface area contributed by atoms with E-state index >= 15 is 0 Å². The summed E-state index contributed by atoms with van der Waals surface area (Å²) in [5.74, 6) is 1.40. The zero-order valence-corrected chi connectivity index (χ0v) is 26.7. The topological polar surface area (TPSA) is 26.0 Å². The molecule has 0 saturated heterocycles. The number of nitrogen functional groups attached to an aromatic ring is 1. The van der Waals surface area contributed by atoms with Crippen LogP contribution in [-0.4, -0.2) is 6.67 Å². The monoisotopic (exact) mass is 557 g/mol. The molecule has 0 heterocycles. The van der Waals surface area contributed by atoms with Crippen LogP contribution in [0.2, 0.25) is 0 Å². The predicted molar refractivity (Wildman–Crippen MR) is 180 cm³/mol. The standard InChI is InChI=1S/C28H31N.C7H16.C4H9F/c1-19-9-11-21(12-10-19)28-26(8-4-7-23-18-25(29)15-16-27(23)28)24-14-13-20-5-2-3-6-22(20)17-24;1-4-6-7(3)5-2;1-2-3-4-5/h9-11,13-18,21H,2-8,12,29H2,1H3;7H,4-6H2,1-3H3;2-4H2,1H3. The SMILES string of the molecule is CC1=CCC(C2=C(c3ccc4c(c3)CCCC4)CCCc3cc(N)ccc32)C=C1.CCCC(C)CC.CCCCF. The predicted octanol–water partition coefficient (Wildman–Crippen LogP) is 11.5. The second kappa shape index (κ2) is 17.4. The van der Waals surface area contributed by atoms with E-state index in [1.165, 1.54) is 79.2 Å². The second-order valence-electron chi connectivity index (χ2n) is 12.3. The Morgan fingerprint density at radius 3 is 2.24 bits per heavy atom. The first kappa shape index (κ1) is 32.9. The summed E-state index contributed by atoms with van der Waals surface area (Å²) in [4.78, 5) is 0. The van der Waals surface area contributed by atoms with E-state index in [1.807, 2.05) is 6.92 Å². The maximum atomic E-state index is 11.0. The summed E-state index contributed by atoms with van der Waals surface area (Å²) in [6.45, 7) is 10.8. The molecule has 3 aliphatic carbocycles. The molecule has 0 aliphatic heterocycles. The number of unbranched alkanes of at least 4 members (excludes halogenated alkanes) is 1. The van der Waals surface area contributed by atoms with Crippen molar-refractivity contribution in [2.24, 2.45) is 11.8 Å². The van der Waals surface area contributed by atoms with E-state index in [0.717, 1.165) is 43.7 Å². The first-order valence-electron chi connectivity index (χ1n) is 16.6. The molecular weight excluding hydrogens is 501 g/mol. The lowest BCUT2D eigenvalue weighted by Crippen LogP contribution is -2.08. The van der Waals surface area contributed by atoms with Gasteiger partial charge in [-0.1, -0.05) is 101 Å². The molecule has 1 nitrogen and oxygen atoms in total. The Hall–Kier alpha value is -2.61. The van der Waals surface area contributed by atoms with Gasteiger partial charge in [0, 0.05) is 11.6 Å². The van der Waals surface area contributed by atoms with E-state index in [0.29, 0.717) is 5.92 Å². The van der Waals surface area contributed by atoms with Gasteiger partial charge in [-0.2, -0.15) is 0 Å². The van der Waals surface area contributed by atoms with E-state index in [9.17, 15) is 4.39 Å². The van der Waals surface area contributed by atoms with Gasteiger partial charge in [-0.3, -0.25) is 4.39 Å². The molecule has 0 radical (unpaired) electrons. The van der Waals surface area contributed by atoms with Crippen LogP contribution < -0.4 is 5.73 Å². The number of fused-ring (bicyclic) bond motifs is 2. The highest BCUT2D eigenvalue weighted by Crippen LogP contribution is 2.43. The number of benzene rings is 2. The summed E-state index contributed by atoms with van der Waals surface area (Å²) in [5, 5.41) is 0. The average Bonchev–Trinajstić information content (AvgIpc) is 3.18. The van der Waals surface area contributed by atoms with Crippen LogP contribution in [0, 0.1) is 11.8 Å². The molecule has 2 N–H and O–H groups in total. The summed E-state index contributed by atoms with van der Waals surface area (Å²) in [6.07, 6.45) is 22.6. The van der Waals surface area contributed by atoms with Gasteiger partial charge in [-0.05, 0) is 122 Å². The summed E-state index contributed by atoms with van der Waals surface area (Å²) >= 11 is 0. The van der Waals surface area contributed by atoms with Gasteiger partial charge in [0.25, 0.3) is 0 Å². The van der Waals surface area contributed by atoms with Crippen LogP contribution >= 0.6 is 0 Å². The highest BCUT2D eigenvalue weighted by Gasteiger charge is 2.25. The van der Waals surface area contributed by atoms with Crippen LogP contribution in [-0.2, 0) is 19.3 Å². The fourth-order valence-corrected chi connectivity index (χ4v) is 6.25. The number of nitrogens with two attached hydrogens (primary N) is 1. The molecule has 5 rings (SSSR count). The van der Waals surface area contributed by atoms with Crippen LogP contribution in [0.1, 0.15) is 127 Å². The minimum absolute atomic E-state index is 0.156. The molecule has 2 aromatic carbocycles. The van der Waals surface area contributed by atoms with Crippen molar-refractivity contribution in [1.29, 1.82) is 0 Å². The van der Waals surface area contributed by atoms with Crippen molar-refractivity contribution in [3.63, 3.8) is 0 Å². The smallest absolute Gasteiger partial charge is 0.0894 e. The van der Waals surface area contributed by atoms with Gasteiger partial charge in [0.1, 0.15) is 0 Å². The number of anilines is 1. The van der Waals surface area contributed by atoms with Gasteiger partial charge in [0.05, 0.1) is 6.67 Å². The molecule has 0 aromatic heterocycles. The number of hydrogen-bond acceptors (Lipinski definition) is 1. The van der Waals surface area contributed by atoms with Gasteiger partial charge in [0.15, 0.2) is 0 Å². The van der Waals surface area contributed by atoms with Gasteiger partial charge in [-0.25, -0.2) is 0 Å². The first-order valence-corrected chi connectivity index (χ1v) is 16.6.